The molecule has 0 saturated carbocycles. The highest BCUT2D eigenvalue weighted by atomic mass is 16.6. The Balaban J connectivity index is 4.43. The number of esters is 3. The first kappa shape index (κ1) is 74.8. The molecule has 6 nitrogen and oxygen atoms in total. The molecule has 1 unspecified atom stereocenters. The molecule has 0 aliphatic rings. The molecule has 0 N–H and O–H groups in total. The summed E-state index contributed by atoms with van der Waals surface area (Å²) in [6.45, 7) is 6.41. The number of hydrogen-bond acceptors (Lipinski definition) is 6. The van der Waals surface area contributed by atoms with Gasteiger partial charge in [-0.2, -0.15) is 0 Å². The van der Waals surface area contributed by atoms with Gasteiger partial charge in [0.05, 0.1) is 0 Å². The first-order chi connectivity index (χ1) is 39.0. The first-order valence-electron chi connectivity index (χ1n) is 33.0. The van der Waals surface area contributed by atoms with E-state index in [1.54, 1.807) is 0 Å². The minimum atomic E-state index is -0.795. The third-order valence-electron chi connectivity index (χ3n) is 13.9. The zero-order chi connectivity index (χ0) is 57.1. The minimum absolute atomic E-state index is 0.0904. The third-order valence-corrected chi connectivity index (χ3v) is 13.9. The molecular formula is C73H122O6. The van der Waals surface area contributed by atoms with E-state index in [1.807, 2.05) is 0 Å². The molecule has 0 aromatic heterocycles. The van der Waals surface area contributed by atoms with Crippen LogP contribution in [0.25, 0.3) is 0 Å². The van der Waals surface area contributed by atoms with Gasteiger partial charge in [0.1, 0.15) is 13.2 Å². The zero-order valence-electron chi connectivity index (χ0n) is 51.6. The molecule has 79 heavy (non-hydrogen) atoms. The van der Waals surface area contributed by atoms with Crippen LogP contribution in [-0.2, 0) is 28.6 Å². The molecule has 0 aliphatic heterocycles. The van der Waals surface area contributed by atoms with Crippen molar-refractivity contribution in [2.45, 2.75) is 309 Å². The van der Waals surface area contributed by atoms with Crippen molar-refractivity contribution >= 4 is 17.9 Å². The average molecular weight is 1100 g/mol. The van der Waals surface area contributed by atoms with Crippen molar-refractivity contribution in [3.8, 4) is 0 Å². The number of carbonyl (C=O) groups excluding carboxylic acids is 3. The summed E-state index contributed by atoms with van der Waals surface area (Å²) in [7, 11) is 0. The molecule has 0 fully saturated rings. The largest absolute Gasteiger partial charge is 0.462 e. The van der Waals surface area contributed by atoms with Gasteiger partial charge in [-0.3, -0.25) is 14.4 Å². The molecule has 450 valence electrons. The van der Waals surface area contributed by atoms with E-state index >= 15 is 0 Å². The summed E-state index contributed by atoms with van der Waals surface area (Å²) in [5.74, 6) is -0.907. The molecule has 0 aromatic carbocycles. The molecule has 0 aliphatic carbocycles. The van der Waals surface area contributed by atoms with Crippen molar-refractivity contribution < 1.29 is 28.6 Å². The van der Waals surface area contributed by atoms with Crippen LogP contribution in [0.3, 0.4) is 0 Å². The standard InChI is InChI=1S/C73H122O6/c1-4-7-10-13-16-19-22-25-28-31-33-35-36-38-39-42-45-48-51-54-57-60-63-66-72(75)78-69-70(68-77-71(74)65-62-59-56-53-50-47-44-41-30-27-24-21-18-15-12-9-6-3)79-73(76)67-64-61-58-55-52-49-46-43-40-37-34-32-29-26-23-20-17-14-11-8-5-2/h7,9-10,12,16,18-19,21,23,25-28,30,32-35,38-39,70H,4-6,8,11,13-15,17,20,22,24,29,31,36-37,40-69H2,1-3H3/b10-7-,12-9-,19-16-,21-18-,26-23-,28-25-,30-27-,34-32-,35-33-,39-38-. The minimum Gasteiger partial charge on any atom is -0.462 e. The van der Waals surface area contributed by atoms with Crippen molar-refractivity contribution in [1.82, 2.24) is 0 Å². The van der Waals surface area contributed by atoms with Gasteiger partial charge in [-0.05, 0) is 128 Å². The van der Waals surface area contributed by atoms with Gasteiger partial charge in [0.25, 0.3) is 0 Å². The molecule has 0 rings (SSSR count). The maximum absolute atomic E-state index is 12.9. The molecule has 0 aromatic rings. The zero-order valence-corrected chi connectivity index (χ0v) is 51.6. The smallest absolute Gasteiger partial charge is 0.306 e. The summed E-state index contributed by atoms with van der Waals surface area (Å²) in [5, 5.41) is 0. The summed E-state index contributed by atoms with van der Waals surface area (Å²) in [6, 6.07) is 0. The first-order valence-corrected chi connectivity index (χ1v) is 33.0. The van der Waals surface area contributed by atoms with Gasteiger partial charge in [0, 0.05) is 19.3 Å². The molecule has 0 radical (unpaired) electrons. The lowest BCUT2D eigenvalue weighted by Gasteiger charge is -2.18. The highest BCUT2D eigenvalue weighted by Gasteiger charge is 2.19. The van der Waals surface area contributed by atoms with E-state index in [-0.39, 0.29) is 31.1 Å². The Labute approximate surface area is 488 Å². The second-order valence-electron chi connectivity index (χ2n) is 21.6. The van der Waals surface area contributed by atoms with E-state index in [9.17, 15) is 14.4 Å². The van der Waals surface area contributed by atoms with Crippen LogP contribution in [0.2, 0.25) is 0 Å². The van der Waals surface area contributed by atoms with E-state index in [0.717, 1.165) is 128 Å². The van der Waals surface area contributed by atoms with Gasteiger partial charge in [0.15, 0.2) is 6.10 Å². The van der Waals surface area contributed by atoms with Crippen LogP contribution in [0, 0.1) is 0 Å². The normalized spacial score (nSPS) is 12.9. The van der Waals surface area contributed by atoms with E-state index in [0.29, 0.717) is 19.3 Å². The van der Waals surface area contributed by atoms with Gasteiger partial charge >= 0.3 is 17.9 Å². The lowest BCUT2D eigenvalue weighted by atomic mass is 10.1. The highest BCUT2D eigenvalue weighted by Crippen LogP contribution is 2.16. The predicted molar refractivity (Wildman–Crippen MR) is 343 cm³/mol. The van der Waals surface area contributed by atoms with Crippen LogP contribution < -0.4 is 0 Å². The van der Waals surface area contributed by atoms with Crippen LogP contribution >= 0.6 is 0 Å². The highest BCUT2D eigenvalue weighted by molar-refractivity contribution is 5.71. The summed E-state index contributed by atoms with van der Waals surface area (Å²) in [6.07, 6.45) is 92.0. The Morgan fingerprint density at radius 3 is 0.772 bits per heavy atom. The number of rotatable bonds is 59. The Morgan fingerprint density at radius 2 is 0.494 bits per heavy atom. The second kappa shape index (κ2) is 66.3. The quantitative estimate of drug-likeness (QED) is 0.0261. The van der Waals surface area contributed by atoms with E-state index in [2.05, 4.69) is 142 Å². The maximum Gasteiger partial charge on any atom is 0.306 e. The fourth-order valence-electron chi connectivity index (χ4n) is 9.04. The lowest BCUT2D eigenvalue weighted by Crippen LogP contribution is -2.30. The fourth-order valence-corrected chi connectivity index (χ4v) is 9.04. The summed E-state index contributed by atoms with van der Waals surface area (Å²) >= 11 is 0. The Hall–Kier alpha value is -4.19. The van der Waals surface area contributed by atoms with Crippen molar-refractivity contribution in [2.24, 2.45) is 0 Å². The number of ether oxygens (including phenoxy) is 3. The molecule has 6 heteroatoms. The molecule has 0 bridgehead atoms. The molecule has 0 spiro atoms. The Morgan fingerprint density at radius 1 is 0.266 bits per heavy atom. The van der Waals surface area contributed by atoms with Crippen LogP contribution in [0.5, 0.6) is 0 Å². The monoisotopic (exact) mass is 1090 g/mol. The van der Waals surface area contributed by atoms with E-state index in [4.69, 9.17) is 14.2 Å². The van der Waals surface area contributed by atoms with Crippen molar-refractivity contribution in [3.63, 3.8) is 0 Å². The van der Waals surface area contributed by atoms with Gasteiger partial charge in [-0.1, -0.05) is 277 Å². The Kier molecular flexibility index (Phi) is 62.8. The van der Waals surface area contributed by atoms with Gasteiger partial charge in [0.2, 0.25) is 0 Å². The molecule has 1 atom stereocenters. The predicted octanol–water partition coefficient (Wildman–Crippen LogP) is 22.8. The Bertz CT molecular complexity index is 1640. The van der Waals surface area contributed by atoms with Crippen molar-refractivity contribution in [3.05, 3.63) is 122 Å². The van der Waals surface area contributed by atoms with E-state index < -0.39 is 6.10 Å². The summed E-state index contributed by atoms with van der Waals surface area (Å²) in [5.41, 5.74) is 0. The van der Waals surface area contributed by atoms with Crippen LogP contribution in [0.1, 0.15) is 303 Å². The van der Waals surface area contributed by atoms with Crippen molar-refractivity contribution in [1.29, 1.82) is 0 Å². The second-order valence-corrected chi connectivity index (χ2v) is 21.6. The van der Waals surface area contributed by atoms with Gasteiger partial charge in [-0.15, -0.1) is 0 Å². The van der Waals surface area contributed by atoms with Crippen LogP contribution in [0.4, 0.5) is 0 Å². The maximum atomic E-state index is 12.9. The number of allylic oxidation sites excluding steroid dienone is 20. The van der Waals surface area contributed by atoms with Gasteiger partial charge in [-0.25, -0.2) is 0 Å². The summed E-state index contributed by atoms with van der Waals surface area (Å²) in [4.78, 5) is 38.4. The summed E-state index contributed by atoms with van der Waals surface area (Å²) < 4.78 is 17.0. The number of unbranched alkanes of at least 4 members (excludes halogenated alkanes) is 28. The molecule has 0 saturated heterocycles. The van der Waals surface area contributed by atoms with Gasteiger partial charge < -0.3 is 14.2 Å². The van der Waals surface area contributed by atoms with Crippen LogP contribution in [-0.4, -0.2) is 37.2 Å². The van der Waals surface area contributed by atoms with Crippen LogP contribution in [0.15, 0.2) is 122 Å². The fraction of sp³-hybridized carbons (Fsp3) is 0.685. The molecule has 0 amide bonds. The van der Waals surface area contributed by atoms with Crippen molar-refractivity contribution in [2.75, 3.05) is 13.2 Å². The average Bonchev–Trinajstić information content (AvgIpc) is 3.45. The SMILES string of the molecule is CC/C=C\C/C=C\C/C=C\C/C=C\C/C=C\CCCCCCCCCC(=O)OCC(COC(=O)CCCCCCCCC/C=C\C/C=C\C/C=C\CC)OC(=O)CCCCCCCCCCC/C=C\C/C=C\CCCCCCC. The topological polar surface area (TPSA) is 78.9 Å². The molecular weight excluding hydrogens is 973 g/mol. The number of hydrogen-bond donors (Lipinski definition) is 0. The molecule has 0 heterocycles. The van der Waals surface area contributed by atoms with E-state index in [1.165, 1.54) is 135 Å². The third kappa shape index (κ3) is 64.5. The number of carbonyl (C=O) groups is 3. The lowest BCUT2D eigenvalue weighted by molar-refractivity contribution is -0.167.